The number of amides is 1. The number of benzene rings is 2. The van der Waals surface area contributed by atoms with Gasteiger partial charge in [0.15, 0.2) is 0 Å². The molecule has 5 nitrogen and oxygen atoms in total. The molecule has 2 aromatic carbocycles. The van der Waals surface area contributed by atoms with Crippen molar-refractivity contribution in [1.82, 2.24) is 9.97 Å². The summed E-state index contributed by atoms with van der Waals surface area (Å²) in [6.45, 7) is 0. The number of aromatic nitrogens is 2. The molecule has 1 N–H and O–H groups in total. The van der Waals surface area contributed by atoms with E-state index in [0.29, 0.717) is 21.8 Å². The standard InChI is InChI=1S/C20H15ClN4O/c1-3-14-5-4-6-15(7-14)20(26)24-17-8-16(21)9-18(10-17)25(2)19-11-22-13-23-12-19/h1,4-13H,2H3,(H,24,26). The second-order valence-electron chi connectivity index (χ2n) is 5.53. The van der Waals surface area contributed by atoms with E-state index in [4.69, 9.17) is 18.0 Å². The molecule has 1 heterocycles. The zero-order valence-electron chi connectivity index (χ0n) is 14.0. The average Bonchev–Trinajstić information content (AvgIpc) is 2.67. The van der Waals surface area contributed by atoms with Gasteiger partial charge in [-0.1, -0.05) is 23.6 Å². The molecule has 0 spiro atoms. The van der Waals surface area contributed by atoms with Crippen molar-refractivity contribution in [3.63, 3.8) is 0 Å². The quantitative estimate of drug-likeness (QED) is 0.709. The fourth-order valence-corrected chi connectivity index (χ4v) is 2.64. The number of anilines is 3. The third-order valence-corrected chi connectivity index (χ3v) is 3.97. The zero-order valence-corrected chi connectivity index (χ0v) is 14.7. The maximum absolute atomic E-state index is 12.5. The largest absolute Gasteiger partial charge is 0.342 e. The van der Waals surface area contributed by atoms with E-state index in [0.717, 1.165) is 11.4 Å². The molecule has 0 saturated heterocycles. The van der Waals surface area contributed by atoms with Gasteiger partial charge in [0.25, 0.3) is 5.91 Å². The summed E-state index contributed by atoms with van der Waals surface area (Å²) in [4.78, 5) is 22.4. The van der Waals surface area contributed by atoms with Crippen LogP contribution >= 0.6 is 11.6 Å². The first-order chi connectivity index (χ1) is 12.6. The number of rotatable bonds is 4. The van der Waals surface area contributed by atoms with E-state index in [1.165, 1.54) is 6.33 Å². The van der Waals surface area contributed by atoms with Crippen LogP contribution in [0, 0.1) is 12.3 Å². The van der Waals surface area contributed by atoms with E-state index in [1.807, 2.05) is 18.0 Å². The van der Waals surface area contributed by atoms with Crippen LogP contribution in [-0.4, -0.2) is 22.9 Å². The van der Waals surface area contributed by atoms with Crippen molar-refractivity contribution in [2.24, 2.45) is 0 Å². The van der Waals surface area contributed by atoms with Gasteiger partial charge in [-0.15, -0.1) is 6.42 Å². The molecule has 0 aliphatic heterocycles. The van der Waals surface area contributed by atoms with Crippen molar-refractivity contribution in [2.75, 3.05) is 17.3 Å². The van der Waals surface area contributed by atoms with Crippen molar-refractivity contribution in [2.45, 2.75) is 0 Å². The molecule has 0 aliphatic carbocycles. The first-order valence-electron chi connectivity index (χ1n) is 7.74. The van der Waals surface area contributed by atoms with E-state index in [9.17, 15) is 4.79 Å². The molecule has 26 heavy (non-hydrogen) atoms. The van der Waals surface area contributed by atoms with E-state index >= 15 is 0 Å². The van der Waals surface area contributed by atoms with Crippen LogP contribution in [0.3, 0.4) is 0 Å². The molecule has 0 saturated carbocycles. The van der Waals surface area contributed by atoms with Crippen LogP contribution in [0.5, 0.6) is 0 Å². The van der Waals surface area contributed by atoms with Gasteiger partial charge in [0.2, 0.25) is 0 Å². The van der Waals surface area contributed by atoms with Gasteiger partial charge in [0.05, 0.1) is 18.1 Å². The van der Waals surface area contributed by atoms with Crippen LogP contribution in [0.4, 0.5) is 17.1 Å². The van der Waals surface area contributed by atoms with E-state index in [1.54, 1.807) is 48.8 Å². The summed E-state index contributed by atoms with van der Waals surface area (Å²) in [5.74, 6) is 2.25. The van der Waals surface area contributed by atoms with Gasteiger partial charge in [-0.2, -0.15) is 0 Å². The van der Waals surface area contributed by atoms with Gasteiger partial charge in [-0.25, -0.2) is 9.97 Å². The van der Waals surface area contributed by atoms with E-state index < -0.39 is 0 Å². The number of nitrogens with zero attached hydrogens (tertiary/aromatic N) is 3. The molecule has 0 atom stereocenters. The number of nitrogens with one attached hydrogen (secondary N) is 1. The van der Waals surface area contributed by atoms with Crippen LogP contribution in [0.1, 0.15) is 15.9 Å². The summed E-state index contributed by atoms with van der Waals surface area (Å²) >= 11 is 6.22. The Kier molecular flexibility index (Phi) is 5.16. The minimum atomic E-state index is -0.263. The Morgan fingerprint density at radius 3 is 2.65 bits per heavy atom. The van der Waals surface area contributed by atoms with Gasteiger partial charge in [-0.3, -0.25) is 4.79 Å². The van der Waals surface area contributed by atoms with Crippen LogP contribution in [0.2, 0.25) is 5.02 Å². The Morgan fingerprint density at radius 2 is 1.92 bits per heavy atom. The Balaban J connectivity index is 1.86. The van der Waals surface area contributed by atoms with E-state index in [2.05, 4.69) is 21.2 Å². The number of halogens is 1. The minimum absolute atomic E-state index is 0.263. The molecule has 1 aromatic heterocycles. The molecule has 0 bridgehead atoms. The lowest BCUT2D eigenvalue weighted by Gasteiger charge is -2.20. The summed E-state index contributed by atoms with van der Waals surface area (Å²) in [5, 5.41) is 3.35. The Hall–Kier alpha value is -3.36. The molecule has 0 unspecified atom stereocenters. The highest BCUT2D eigenvalue weighted by molar-refractivity contribution is 6.31. The molecular weight excluding hydrogens is 348 g/mol. The SMILES string of the molecule is C#Cc1cccc(C(=O)Nc2cc(Cl)cc(N(C)c3cncnc3)c2)c1. The Bertz CT molecular complexity index is 983. The Morgan fingerprint density at radius 1 is 1.15 bits per heavy atom. The van der Waals surface area contributed by atoms with E-state index in [-0.39, 0.29) is 5.91 Å². The second kappa shape index (κ2) is 7.68. The van der Waals surface area contributed by atoms with Gasteiger partial charge >= 0.3 is 0 Å². The van der Waals surface area contributed by atoms with Crippen LogP contribution in [0.15, 0.2) is 61.2 Å². The number of carbonyl (C=O) groups is 1. The maximum atomic E-state index is 12.5. The normalized spacial score (nSPS) is 10.0. The Labute approximate surface area is 156 Å². The number of terminal acetylenes is 1. The van der Waals surface area contributed by atoms with Crippen molar-refractivity contribution in [3.8, 4) is 12.3 Å². The summed E-state index contributed by atoms with van der Waals surface area (Å²) in [6, 6.07) is 12.2. The smallest absolute Gasteiger partial charge is 0.255 e. The lowest BCUT2D eigenvalue weighted by Crippen LogP contribution is -2.14. The summed E-state index contributed by atoms with van der Waals surface area (Å²) < 4.78 is 0. The average molecular weight is 363 g/mol. The predicted molar refractivity (Wildman–Crippen MR) is 104 cm³/mol. The van der Waals surface area contributed by atoms with Gasteiger partial charge in [0.1, 0.15) is 6.33 Å². The highest BCUT2D eigenvalue weighted by atomic mass is 35.5. The topological polar surface area (TPSA) is 58.1 Å². The molecule has 6 heteroatoms. The highest BCUT2D eigenvalue weighted by Gasteiger charge is 2.11. The van der Waals surface area contributed by atoms with Crippen molar-refractivity contribution >= 4 is 34.6 Å². The fraction of sp³-hybridized carbons (Fsp3) is 0.0500. The minimum Gasteiger partial charge on any atom is -0.342 e. The van der Waals surface area contributed by atoms with Crippen LogP contribution in [0.25, 0.3) is 0 Å². The molecule has 0 fully saturated rings. The lowest BCUT2D eigenvalue weighted by molar-refractivity contribution is 0.102. The third-order valence-electron chi connectivity index (χ3n) is 3.75. The highest BCUT2D eigenvalue weighted by Crippen LogP contribution is 2.29. The molecule has 0 radical (unpaired) electrons. The lowest BCUT2D eigenvalue weighted by atomic mass is 10.1. The molecule has 0 aliphatic rings. The zero-order chi connectivity index (χ0) is 18.5. The fourth-order valence-electron chi connectivity index (χ4n) is 2.41. The van der Waals surface area contributed by atoms with Gasteiger partial charge < -0.3 is 10.2 Å². The number of hydrogen-bond acceptors (Lipinski definition) is 4. The second-order valence-corrected chi connectivity index (χ2v) is 5.97. The van der Waals surface area contributed by atoms with Gasteiger partial charge in [-0.05, 0) is 36.4 Å². The molecule has 1 amide bonds. The number of hydrogen-bond donors (Lipinski definition) is 1. The number of carbonyl (C=O) groups excluding carboxylic acids is 1. The summed E-state index contributed by atoms with van der Waals surface area (Å²) in [7, 11) is 1.87. The van der Waals surface area contributed by atoms with Gasteiger partial charge in [0, 0.05) is 34.6 Å². The summed E-state index contributed by atoms with van der Waals surface area (Å²) in [6.07, 6.45) is 10.2. The predicted octanol–water partition coefficient (Wildman–Crippen LogP) is 4.13. The molecule has 128 valence electrons. The third kappa shape index (κ3) is 4.00. The maximum Gasteiger partial charge on any atom is 0.255 e. The van der Waals surface area contributed by atoms with Crippen LogP contribution in [-0.2, 0) is 0 Å². The first-order valence-corrected chi connectivity index (χ1v) is 8.12. The van der Waals surface area contributed by atoms with Crippen LogP contribution < -0.4 is 10.2 Å². The molecule has 3 aromatic rings. The monoisotopic (exact) mass is 362 g/mol. The van der Waals surface area contributed by atoms with Crippen molar-refractivity contribution in [1.29, 1.82) is 0 Å². The van der Waals surface area contributed by atoms with Crippen molar-refractivity contribution in [3.05, 3.63) is 77.3 Å². The molecular formula is C20H15ClN4O. The summed E-state index contributed by atoms with van der Waals surface area (Å²) in [5.41, 5.74) is 3.29. The van der Waals surface area contributed by atoms with Crippen molar-refractivity contribution < 1.29 is 4.79 Å². The first kappa shape index (κ1) is 17.5. The molecule has 3 rings (SSSR count).